The van der Waals surface area contributed by atoms with E-state index in [-0.39, 0.29) is 17.9 Å². The quantitative estimate of drug-likeness (QED) is 0.265. The lowest BCUT2D eigenvalue weighted by Crippen LogP contribution is -2.48. The average Bonchev–Trinajstić information content (AvgIpc) is 3.62. The smallest absolute Gasteiger partial charge is 0.343 e. The van der Waals surface area contributed by atoms with Gasteiger partial charge in [-0.15, -0.1) is 0 Å². The molecule has 0 aliphatic carbocycles. The number of oxazole rings is 1. The van der Waals surface area contributed by atoms with E-state index in [1.165, 1.54) is 14.2 Å². The summed E-state index contributed by atoms with van der Waals surface area (Å²) < 4.78 is 16.3. The summed E-state index contributed by atoms with van der Waals surface area (Å²) in [6, 6.07) is 6.20. The van der Waals surface area contributed by atoms with E-state index in [4.69, 9.17) is 23.8 Å². The van der Waals surface area contributed by atoms with Crippen LogP contribution in [-0.4, -0.2) is 94.0 Å². The number of ether oxygens (including phenoxy) is 2. The van der Waals surface area contributed by atoms with Gasteiger partial charge in [-0.25, -0.2) is 14.8 Å². The summed E-state index contributed by atoms with van der Waals surface area (Å²) in [5.41, 5.74) is 3.43. The zero-order valence-corrected chi connectivity index (χ0v) is 22.4. The first-order valence-corrected chi connectivity index (χ1v) is 12.5. The maximum atomic E-state index is 12.3. The van der Waals surface area contributed by atoms with Crippen LogP contribution in [0.25, 0.3) is 33.5 Å². The fraction of sp³-hybridized carbons (Fsp3) is 0.370. The number of pyridine rings is 1. The Balaban J connectivity index is 0.00000112. The Morgan fingerprint density at radius 1 is 1.10 bits per heavy atom. The summed E-state index contributed by atoms with van der Waals surface area (Å²) in [7, 11) is 2.79. The number of nitrogens with one attached hydrogen (secondary N) is 1. The molecule has 12 nitrogen and oxygen atoms in total. The molecule has 0 bridgehead atoms. The molecule has 0 radical (unpaired) electrons. The third kappa shape index (κ3) is 6.24. The number of esters is 1. The summed E-state index contributed by atoms with van der Waals surface area (Å²) in [5.74, 6) is 1.04. The molecule has 1 fully saturated rings. The topological polar surface area (TPSA) is 147 Å². The Bertz CT molecular complexity index is 1420. The molecule has 206 valence electrons. The van der Waals surface area contributed by atoms with Crippen LogP contribution < -0.4 is 4.74 Å². The van der Waals surface area contributed by atoms with Gasteiger partial charge in [-0.05, 0) is 37.6 Å². The minimum Gasteiger partial charge on any atom is -0.483 e. The van der Waals surface area contributed by atoms with Crippen LogP contribution >= 0.6 is 0 Å². The van der Waals surface area contributed by atoms with Crippen LogP contribution in [0.1, 0.15) is 30.0 Å². The highest BCUT2D eigenvalue weighted by Gasteiger charge is 2.21. The third-order valence-corrected chi connectivity index (χ3v) is 6.64. The molecule has 3 aromatic heterocycles. The first-order chi connectivity index (χ1) is 18.9. The van der Waals surface area contributed by atoms with Crippen molar-refractivity contribution in [1.82, 2.24) is 30.0 Å². The molecule has 0 unspecified atom stereocenters. The van der Waals surface area contributed by atoms with Gasteiger partial charge in [0.1, 0.15) is 11.3 Å². The largest absolute Gasteiger partial charge is 0.483 e. The van der Waals surface area contributed by atoms with Crippen LogP contribution in [0, 0.1) is 0 Å². The zero-order valence-electron chi connectivity index (χ0n) is 22.4. The van der Waals surface area contributed by atoms with Crippen LogP contribution in [0.5, 0.6) is 5.88 Å². The highest BCUT2D eigenvalue weighted by Crippen LogP contribution is 2.34. The van der Waals surface area contributed by atoms with E-state index >= 15 is 0 Å². The summed E-state index contributed by atoms with van der Waals surface area (Å²) in [4.78, 5) is 34.4. The first kappa shape index (κ1) is 27.7. The van der Waals surface area contributed by atoms with Crippen molar-refractivity contribution >= 4 is 23.3 Å². The highest BCUT2D eigenvalue weighted by molar-refractivity contribution is 5.97. The molecular formula is C27H32N6O6. The van der Waals surface area contributed by atoms with Gasteiger partial charge in [-0.2, -0.15) is 5.10 Å². The number of carbonyl (C=O) groups excluding carboxylic acids is 1. The van der Waals surface area contributed by atoms with Gasteiger partial charge >= 0.3 is 5.97 Å². The predicted octanol–water partition coefficient (Wildman–Crippen LogP) is 3.30. The molecule has 4 aromatic rings. The summed E-state index contributed by atoms with van der Waals surface area (Å²) >= 11 is 0. The van der Waals surface area contributed by atoms with Crippen LogP contribution in [0.4, 0.5) is 0 Å². The number of nitrogens with zero attached hydrogens (tertiary/aromatic N) is 5. The SMILES string of the molecule is COC(=O)c1cc(-c2cc(-c3ncc(CN4CCN(C(C)C)CC4)o3)c3cn[nH]c3c2)cnc1OC.O=CO. The fourth-order valence-electron chi connectivity index (χ4n) is 4.59. The zero-order chi connectivity index (χ0) is 27.9. The summed E-state index contributed by atoms with van der Waals surface area (Å²) in [6.45, 7) is 9.06. The Morgan fingerprint density at radius 2 is 1.85 bits per heavy atom. The van der Waals surface area contributed by atoms with E-state index in [2.05, 4.69) is 43.8 Å². The molecule has 4 heterocycles. The van der Waals surface area contributed by atoms with E-state index in [0.29, 0.717) is 11.9 Å². The number of carboxylic acid groups (broad SMARTS) is 1. The van der Waals surface area contributed by atoms with Crippen LogP contribution in [0.2, 0.25) is 0 Å². The van der Waals surface area contributed by atoms with Crippen molar-refractivity contribution in [2.24, 2.45) is 0 Å². The molecule has 39 heavy (non-hydrogen) atoms. The van der Waals surface area contributed by atoms with Gasteiger partial charge in [-0.1, -0.05) is 0 Å². The molecule has 5 rings (SSSR count). The lowest BCUT2D eigenvalue weighted by atomic mass is 10.00. The molecular weight excluding hydrogens is 504 g/mol. The number of carbonyl (C=O) groups is 2. The van der Waals surface area contributed by atoms with Crippen molar-refractivity contribution in [2.45, 2.75) is 26.4 Å². The molecule has 0 spiro atoms. The summed E-state index contributed by atoms with van der Waals surface area (Å²) in [5, 5.41) is 15.0. The highest BCUT2D eigenvalue weighted by atomic mass is 16.5. The normalized spacial score (nSPS) is 14.2. The van der Waals surface area contributed by atoms with Gasteiger partial charge in [0.05, 0.1) is 38.7 Å². The number of aromatic amines is 1. The van der Waals surface area contributed by atoms with Crippen molar-refractivity contribution in [3.05, 3.63) is 48.1 Å². The maximum absolute atomic E-state index is 12.3. The second-order valence-corrected chi connectivity index (χ2v) is 9.27. The van der Waals surface area contributed by atoms with Crippen molar-refractivity contribution < 1.29 is 28.6 Å². The number of benzene rings is 1. The Morgan fingerprint density at radius 3 is 2.51 bits per heavy atom. The van der Waals surface area contributed by atoms with Gasteiger partial charge in [0.2, 0.25) is 11.8 Å². The molecule has 0 saturated carbocycles. The number of methoxy groups -OCH3 is 2. The summed E-state index contributed by atoms with van der Waals surface area (Å²) in [6.07, 6.45) is 5.22. The minimum absolute atomic E-state index is 0.208. The number of hydrogen-bond donors (Lipinski definition) is 2. The Labute approximate surface area is 225 Å². The van der Waals surface area contributed by atoms with Crippen LogP contribution in [0.15, 0.2) is 41.2 Å². The molecule has 12 heteroatoms. The number of fused-ring (bicyclic) bond motifs is 1. The van der Waals surface area contributed by atoms with Crippen molar-refractivity contribution in [3.63, 3.8) is 0 Å². The Hall–Kier alpha value is -4.29. The Kier molecular flexibility index (Phi) is 8.89. The van der Waals surface area contributed by atoms with Crippen molar-refractivity contribution in [3.8, 4) is 28.5 Å². The third-order valence-electron chi connectivity index (χ3n) is 6.64. The van der Waals surface area contributed by atoms with Gasteiger partial charge in [-0.3, -0.25) is 19.7 Å². The molecule has 1 aliphatic rings. The van der Waals surface area contributed by atoms with Crippen molar-refractivity contribution in [1.29, 1.82) is 0 Å². The van der Waals surface area contributed by atoms with Crippen molar-refractivity contribution in [2.75, 3.05) is 40.4 Å². The van der Waals surface area contributed by atoms with Gasteiger partial charge < -0.3 is 19.0 Å². The van der Waals surface area contributed by atoms with E-state index < -0.39 is 5.97 Å². The monoisotopic (exact) mass is 536 g/mol. The molecule has 2 N–H and O–H groups in total. The van der Waals surface area contributed by atoms with Crippen LogP contribution in [-0.2, 0) is 16.1 Å². The standard InChI is InChI=1S/C26H30N6O4.CH2O2/c1-16(2)32-7-5-31(6-8-32)15-19-13-28-25(36-19)20-9-17(11-23-22(20)14-29-30-23)18-10-21(26(33)35-4)24(34-3)27-12-18;2-1-3/h9-14,16H,5-8,15H2,1-4H3,(H,29,30);1H,(H,2,3). The second-order valence-electron chi connectivity index (χ2n) is 9.27. The van der Waals surface area contributed by atoms with E-state index in [9.17, 15) is 4.79 Å². The average molecular weight is 537 g/mol. The van der Waals surface area contributed by atoms with E-state index in [0.717, 1.165) is 66.1 Å². The van der Waals surface area contributed by atoms with E-state index in [1.807, 2.05) is 12.1 Å². The fourth-order valence-corrected chi connectivity index (χ4v) is 4.59. The maximum Gasteiger partial charge on any atom is 0.343 e. The number of aromatic nitrogens is 4. The molecule has 1 saturated heterocycles. The second kappa shape index (κ2) is 12.5. The van der Waals surface area contributed by atoms with Gasteiger partial charge in [0.25, 0.3) is 6.47 Å². The molecule has 1 aliphatic heterocycles. The minimum atomic E-state index is -0.518. The van der Waals surface area contributed by atoms with Gasteiger partial charge in [0.15, 0.2) is 0 Å². The number of piperazine rings is 1. The molecule has 0 atom stereocenters. The molecule has 1 aromatic carbocycles. The lowest BCUT2D eigenvalue weighted by molar-refractivity contribution is -0.122. The molecule has 0 amide bonds. The van der Waals surface area contributed by atoms with Gasteiger partial charge in [0, 0.05) is 54.9 Å². The predicted molar refractivity (Wildman–Crippen MR) is 143 cm³/mol. The number of H-pyrrole nitrogens is 1. The van der Waals surface area contributed by atoms with Crippen LogP contribution in [0.3, 0.4) is 0 Å². The van der Waals surface area contributed by atoms with E-state index in [1.54, 1.807) is 24.7 Å². The first-order valence-electron chi connectivity index (χ1n) is 12.5. The lowest BCUT2D eigenvalue weighted by Gasteiger charge is -2.36. The number of rotatable bonds is 7. The number of hydrogen-bond acceptors (Lipinski definition) is 10.